The van der Waals surface area contributed by atoms with Gasteiger partial charge in [-0.25, -0.2) is 4.98 Å². The molecule has 1 aromatic rings. The molecule has 2 aliphatic carbocycles. The normalized spacial score (nSPS) is 18.0. The summed E-state index contributed by atoms with van der Waals surface area (Å²) in [4.78, 5) is 6.94. The van der Waals surface area contributed by atoms with E-state index in [0.717, 1.165) is 36.7 Å². The van der Waals surface area contributed by atoms with E-state index < -0.39 is 0 Å². The maximum atomic E-state index is 9.30. The highest BCUT2D eigenvalue weighted by molar-refractivity contribution is 5.56. The number of hydrogen-bond donors (Lipinski definition) is 0. The van der Waals surface area contributed by atoms with Crippen LogP contribution >= 0.6 is 0 Å². The number of fused-ring (bicyclic) bond motifs is 1. The molecule has 1 aromatic heterocycles. The second-order valence-corrected chi connectivity index (χ2v) is 5.61. The lowest BCUT2D eigenvalue weighted by Crippen LogP contribution is -2.23. The van der Waals surface area contributed by atoms with Crippen molar-refractivity contribution in [3.8, 4) is 6.07 Å². The van der Waals surface area contributed by atoms with Crippen molar-refractivity contribution in [3.63, 3.8) is 0 Å². The molecule has 0 unspecified atom stereocenters. The van der Waals surface area contributed by atoms with Crippen LogP contribution in [0.3, 0.4) is 0 Å². The van der Waals surface area contributed by atoms with Crippen LogP contribution in [0.4, 0.5) is 5.82 Å². The van der Waals surface area contributed by atoms with Crippen molar-refractivity contribution in [3.05, 3.63) is 22.9 Å². The van der Waals surface area contributed by atoms with Crippen molar-refractivity contribution in [1.82, 2.24) is 4.98 Å². The van der Waals surface area contributed by atoms with Crippen LogP contribution in [0.5, 0.6) is 0 Å². The Labute approximate surface area is 108 Å². The monoisotopic (exact) mass is 241 g/mol. The molecule has 0 amide bonds. The Morgan fingerprint density at radius 1 is 1.39 bits per heavy atom. The smallest absolute Gasteiger partial charge is 0.146 e. The molecule has 1 fully saturated rings. The van der Waals surface area contributed by atoms with Crippen LogP contribution in [0.1, 0.15) is 42.5 Å². The maximum absolute atomic E-state index is 9.30. The van der Waals surface area contributed by atoms with Gasteiger partial charge in [0.25, 0.3) is 0 Å². The number of pyridine rings is 1. The number of hydrogen-bond acceptors (Lipinski definition) is 3. The fraction of sp³-hybridized carbons (Fsp3) is 0.600. The Hall–Kier alpha value is -1.56. The zero-order chi connectivity index (χ0) is 12.5. The minimum Gasteiger partial charge on any atom is -0.358 e. The molecule has 0 bridgehead atoms. The summed E-state index contributed by atoms with van der Waals surface area (Å²) in [6, 6.07) is 4.39. The minimum atomic E-state index is 0.749. The summed E-state index contributed by atoms with van der Waals surface area (Å²) < 4.78 is 0. The molecule has 1 heterocycles. The van der Waals surface area contributed by atoms with Gasteiger partial charge in [-0.3, -0.25) is 0 Å². The van der Waals surface area contributed by atoms with Gasteiger partial charge >= 0.3 is 0 Å². The SMILES string of the molecule is CN(CC1CC1)c1nc2c(cc1C#N)CCCC2. The Morgan fingerprint density at radius 2 is 2.17 bits per heavy atom. The van der Waals surface area contributed by atoms with E-state index in [1.807, 2.05) is 0 Å². The molecule has 0 saturated heterocycles. The van der Waals surface area contributed by atoms with Gasteiger partial charge in [0, 0.05) is 19.3 Å². The van der Waals surface area contributed by atoms with Crippen LogP contribution in [0.2, 0.25) is 0 Å². The largest absolute Gasteiger partial charge is 0.358 e. The summed E-state index contributed by atoms with van der Waals surface area (Å²) in [6.07, 6.45) is 7.29. The van der Waals surface area contributed by atoms with Gasteiger partial charge in [0.05, 0.1) is 5.56 Å². The van der Waals surface area contributed by atoms with Crippen molar-refractivity contribution < 1.29 is 0 Å². The lowest BCUT2D eigenvalue weighted by Gasteiger charge is -2.23. The molecule has 0 aromatic carbocycles. The van der Waals surface area contributed by atoms with Gasteiger partial charge in [0.1, 0.15) is 11.9 Å². The maximum Gasteiger partial charge on any atom is 0.146 e. The Balaban J connectivity index is 1.93. The Kier molecular flexibility index (Phi) is 2.95. The topological polar surface area (TPSA) is 39.9 Å². The molecule has 0 atom stereocenters. The first-order valence-electron chi connectivity index (χ1n) is 6.92. The van der Waals surface area contributed by atoms with Crippen LogP contribution in [-0.4, -0.2) is 18.6 Å². The summed E-state index contributed by atoms with van der Waals surface area (Å²) in [5.74, 6) is 1.71. The third-order valence-corrected chi connectivity index (χ3v) is 3.99. The van der Waals surface area contributed by atoms with Crippen LogP contribution in [0.25, 0.3) is 0 Å². The molecule has 2 aliphatic rings. The Morgan fingerprint density at radius 3 is 2.89 bits per heavy atom. The van der Waals surface area contributed by atoms with Crippen molar-refractivity contribution in [1.29, 1.82) is 5.26 Å². The molecule has 1 saturated carbocycles. The number of rotatable bonds is 3. The predicted molar refractivity (Wildman–Crippen MR) is 71.6 cm³/mol. The summed E-state index contributed by atoms with van der Waals surface area (Å²) in [5.41, 5.74) is 3.26. The summed E-state index contributed by atoms with van der Waals surface area (Å²) in [5, 5.41) is 9.30. The summed E-state index contributed by atoms with van der Waals surface area (Å²) in [6.45, 7) is 1.04. The third-order valence-electron chi connectivity index (χ3n) is 3.99. The first-order valence-corrected chi connectivity index (χ1v) is 6.92. The third kappa shape index (κ3) is 2.20. The van der Waals surface area contributed by atoms with Gasteiger partial charge in [-0.1, -0.05) is 0 Å². The van der Waals surface area contributed by atoms with Gasteiger partial charge in [-0.2, -0.15) is 5.26 Å². The molecule has 0 radical (unpaired) electrons. The van der Waals surface area contributed by atoms with E-state index in [1.165, 1.54) is 36.9 Å². The predicted octanol–water partition coefficient (Wildman–Crippen LogP) is 2.68. The fourth-order valence-corrected chi connectivity index (χ4v) is 2.77. The summed E-state index contributed by atoms with van der Waals surface area (Å²) >= 11 is 0. The number of anilines is 1. The van der Waals surface area contributed by atoms with E-state index in [-0.39, 0.29) is 0 Å². The van der Waals surface area contributed by atoms with Crippen molar-refractivity contribution >= 4 is 5.82 Å². The van der Waals surface area contributed by atoms with Crippen LogP contribution in [-0.2, 0) is 12.8 Å². The number of nitrogens with zero attached hydrogens (tertiary/aromatic N) is 3. The molecule has 94 valence electrons. The van der Waals surface area contributed by atoms with Gasteiger partial charge in [0.2, 0.25) is 0 Å². The van der Waals surface area contributed by atoms with Crippen molar-refractivity contribution in [2.45, 2.75) is 38.5 Å². The van der Waals surface area contributed by atoms with E-state index in [2.05, 4.69) is 24.1 Å². The molecular formula is C15H19N3. The van der Waals surface area contributed by atoms with E-state index >= 15 is 0 Å². The molecule has 3 nitrogen and oxygen atoms in total. The van der Waals surface area contributed by atoms with Gasteiger partial charge in [-0.05, 0) is 56.1 Å². The van der Waals surface area contributed by atoms with E-state index in [9.17, 15) is 5.26 Å². The molecule has 3 rings (SSSR count). The fourth-order valence-electron chi connectivity index (χ4n) is 2.77. The average molecular weight is 241 g/mol. The second-order valence-electron chi connectivity index (χ2n) is 5.61. The number of nitriles is 1. The van der Waals surface area contributed by atoms with E-state index in [4.69, 9.17) is 4.98 Å². The van der Waals surface area contributed by atoms with Gasteiger partial charge in [-0.15, -0.1) is 0 Å². The minimum absolute atomic E-state index is 0.749. The first kappa shape index (κ1) is 11.5. The van der Waals surface area contributed by atoms with Crippen molar-refractivity contribution in [2.24, 2.45) is 5.92 Å². The zero-order valence-electron chi connectivity index (χ0n) is 10.9. The van der Waals surface area contributed by atoms with E-state index in [0.29, 0.717) is 0 Å². The van der Waals surface area contributed by atoms with Gasteiger partial charge in [0.15, 0.2) is 0 Å². The highest BCUT2D eigenvalue weighted by Crippen LogP contribution is 2.32. The standard InChI is InChI=1S/C15H19N3/c1-18(10-11-6-7-11)15-13(9-16)8-12-4-2-3-5-14(12)17-15/h8,11H,2-7,10H2,1H3. The molecular weight excluding hydrogens is 222 g/mol. The second kappa shape index (κ2) is 4.61. The highest BCUT2D eigenvalue weighted by atomic mass is 15.2. The lowest BCUT2D eigenvalue weighted by atomic mass is 9.95. The number of aromatic nitrogens is 1. The molecule has 18 heavy (non-hydrogen) atoms. The molecule has 3 heteroatoms. The zero-order valence-corrected chi connectivity index (χ0v) is 10.9. The average Bonchev–Trinajstić information content (AvgIpc) is 3.21. The quantitative estimate of drug-likeness (QED) is 0.816. The van der Waals surface area contributed by atoms with Gasteiger partial charge < -0.3 is 4.90 Å². The lowest BCUT2D eigenvalue weighted by molar-refractivity contribution is 0.664. The van der Waals surface area contributed by atoms with Crippen LogP contribution in [0, 0.1) is 17.2 Å². The van der Waals surface area contributed by atoms with E-state index in [1.54, 1.807) is 0 Å². The first-order chi connectivity index (χ1) is 8.78. The molecule has 0 aliphatic heterocycles. The molecule has 0 spiro atoms. The number of aryl methyl sites for hydroxylation is 2. The Bertz CT molecular complexity index is 497. The summed E-state index contributed by atoms with van der Waals surface area (Å²) in [7, 11) is 2.07. The van der Waals surface area contributed by atoms with Crippen LogP contribution in [0.15, 0.2) is 6.07 Å². The molecule has 0 N–H and O–H groups in total. The van der Waals surface area contributed by atoms with Crippen LogP contribution < -0.4 is 4.90 Å². The highest BCUT2D eigenvalue weighted by Gasteiger charge is 2.25. The van der Waals surface area contributed by atoms with Crippen molar-refractivity contribution in [2.75, 3.05) is 18.5 Å².